The van der Waals surface area contributed by atoms with E-state index in [0.29, 0.717) is 6.42 Å². The van der Waals surface area contributed by atoms with Gasteiger partial charge in [0.1, 0.15) is 12.1 Å². The van der Waals surface area contributed by atoms with Gasteiger partial charge in [0, 0.05) is 12.0 Å². The molecule has 0 aromatic heterocycles. The summed E-state index contributed by atoms with van der Waals surface area (Å²) in [6.07, 6.45) is -1.19. The number of benzene rings is 2. The van der Waals surface area contributed by atoms with Crippen LogP contribution in [0.4, 0.5) is 0 Å². The van der Waals surface area contributed by atoms with E-state index >= 15 is 0 Å². The molecule has 26 heavy (non-hydrogen) atoms. The van der Waals surface area contributed by atoms with Crippen LogP contribution in [0.2, 0.25) is 0 Å². The van der Waals surface area contributed by atoms with Gasteiger partial charge in [0.25, 0.3) is 5.91 Å². The van der Waals surface area contributed by atoms with Crippen LogP contribution in [0.25, 0.3) is 0 Å². The molecule has 0 aliphatic rings. The average molecular weight is 356 g/mol. The molecule has 1 unspecified atom stereocenters. The number of aliphatic hydroxyl groups excluding tert-OH is 1. The van der Waals surface area contributed by atoms with Gasteiger partial charge in [-0.3, -0.25) is 4.79 Å². The molecule has 0 radical (unpaired) electrons. The minimum absolute atomic E-state index is 0.307. The number of hydrogen-bond acceptors (Lipinski definition) is 4. The van der Waals surface area contributed by atoms with Crippen LogP contribution < -0.4 is 11.1 Å². The smallest absolute Gasteiger partial charge is 0.326 e. The second-order valence-corrected chi connectivity index (χ2v) is 6.32. The first-order valence-corrected chi connectivity index (χ1v) is 8.46. The number of rotatable bonds is 8. The average Bonchev–Trinajstić information content (AvgIpc) is 2.66. The van der Waals surface area contributed by atoms with Crippen molar-refractivity contribution >= 4 is 11.9 Å². The Morgan fingerprint density at radius 3 is 2.12 bits per heavy atom. The van der Waals surface area contributed by atoms with E-state index in [1.165, 1.54) is 0 Å². The van der Waals surface area contributed by atoms with Gasteiger partial charge in [-0.1, -0.05) is 67.6 Å². The molecule has 0 aliphatic heterocycles. The highest BCUT2D eigenvalue weighted by molar-refractivity contribution is 5.87. The standard InChI is InChI=1S/C20H24N2O4/c1-13(15-10-6-3-7-11-15)17(20(25)26)22-19(24)18(23)16(21)12-14-8-4-2-5-9-14/h2-11,13,16-18,23H,12,21H2,1H3,(H,22,24)(H,25,26)/t13?,16-,17+,18+/m1/s1. The van der Waals surface area contributed by atoms with Crippen molar-refractivity contribution in [2.24, 2.45) is 5.73 Å². The number of nitrogens with two attached hydrogens (primary N) is 1. The maximum absolute atomic E-state index is 12.3. The van der Waals surface area contributed by atoms with Crippen LogP contribution in [0.3, 0.4) is 0 Å². The molecule has 4 atom stereocenters. The first-order valence-electron chi connectivity index (χ1n) is 8.46. The van der Waals surface area contributed by atoms with Crippen LogP contribution in [0.5, 0.6) is 0 Å². The SMILES string of the molecule is CC(c1ccccc1)[C@H](NC(=O)[C@@H](O)[C@H](N)Cc1ccccc1)C(=O)O. The molecule has 0 bridgehead atoms. The molecule has 2 aromatic rings. The zero-order valence-corrected chi connectivity index (χ0v) is 14.6. The lowest BCUT2D eigenvalue weighted by Gasteiger charge is -2.25. The van der Waals surface area contributed by atoms with Gasteiger partial charge in [-0.15, -0.1) is 0 Å². The minimum atomic E-state index is -1.50. The molecule has 0 fully saturated rings. The Labute approximate surface area is 152 Å². The third-order valence-electron chi connectivity index (χ3n) is 4.38. The summed E-state index contributed by atoms with van der Waals surface area (Å²) in [5, 5.41) is 22.1. The van der Waals surface area contributed by atoms with Gasteiger partial charge in [0.05, 0.1) is 0 Å². The second-order valence-electron chi connectivity index (χ2n) is 6.32. The number of amides is 1. The van der Waals surface area contributed by atoms with Crippen LogP contribution in [0, 0.1) is 0 Å². The number of aliphatic carboxylic acids is 1. The second kappa shape index (κ2) is 9.12. The largest absolute Gasteiger partial charge is 0.480 e. The van der Waals surface area contributed by atoms with Crippen molar-refractivity contribution in [2.45, 2.75) is 37.5 Å². The molecule has 0 aliphatic carbocycles. The maximum atomic E-state index is 12.3. The van der Waals surface area contributed by atoms with Crippen molar-refractivity contribution in [3.63, 3.8) is 0 Å². The van der Waals surface area contributed by atoms with Gasteiger partial charge in [-0.2, -0.15) is 0 Å². The van der Waals surface area contributed by atoms with Gasteiger partial charge < -0.3 is 21.3 Å². The zero-order chi connectivity index (χ0) is 19.1. The summed E-state index contributed by atoms with van der Waals surface area (Å²) in [5.41, 5.74) is 7.60. The first-order chi connectivity index (χ1) is 12.4. The van der Waals surface area contributed by atoms with E-state index in [4.69, 9.17) is 5.73 Å². The Morgan fingerprint density at radius 1 is 1.04 bits per heavy atom. The van der Waals surface area contributed by atoms with E-state index in [1.807, 2.05) is 36.4 Å². The summed E-state index contributed by atoms with van der Waals surface area (Å²) >= 11 is 0. The highest BCUT2D eigenvalue weighted by Crippen LogP contribution is 2.19. The number of aliphatic hydroxyl groups is 1. The topological polar surface area (TPSA) is 113 Å². The Hall–Kier alpha value is -2.70. The van der Waals surface area contributed by atoms with E-state index in [-0.39, 0.29) is 0 Å². The van der Waals surface area contributed by atoms with Crippen LogP contribution in [-0.4, -0.2) is 40.3 Å². The Morgan fingerprint density at radius 2 is 1.58 bits per heavy atom. The predicted octanol–water partition coefficient (Wildman–Crippen LogP) is 1.29. The summed E-state index contributed by atoms with van der Waals surface area (Å²) in [6.45, 7) is 1.71. The highest BCUT2D eigenvalue weighted by Gasteiger charge is 2.31. The van der Waals surface area contributed by atoms with E-state index in [0.717, 1.165) is 11.1 Å². The molecular weight excluding hydrogens is 332 g/mol. The zero-order valence-electron chi connectivity index (χ0n) is 14.6. The van der Waals surface area contributed by atoms with Crippen molar-refractivity contribution in [1.29, 1.82) is 0 Å². The van der Waals surface area contributed by atoms with E-state index in [9.17, 15) is 19.8 Å². The van der Waals surface area contributed by atoms with Crippen LogP contribution in [-0.2, 0) is 16.0 Å². The molecule has 6 heteroatoms. The van der Waals surface area contributed by atoms with E-state index < -0.39 is 36.0 Å². The van der Waals surface area contributed by atoms with Crippen molar-refractivity contribution in [1.82, 2.24) is 5.32 Å². The number of nitrogens with one attached hydrogen (secondary N) is 1. The van der Waals surface area contributed by atoms with Crippen molar-refractivity contribution in [2.75, 3.05) is 0 Å². The fraction of sp³-hybridized carbons (Fsp3) is 0.300. The van der Waals surface area contributed by atoms with Gasteiger partial charge in [-0.05, 0) is 17.5 Å². The van der Waals surface area contributed by atoms with Gasteiger partial charge >= 0.3 is 5.97 Å². The number of carbonyl (C=O) groups is 2. The number of carbonyl (C=O) groups excluding carboxylic acids is 1. The van der Waals surface area contributed by atoms with E-state index in [1.54, 1.807) is 31.2 Å². The normalized spacial score (nSPS) is 15.5. The van der Waals surface area contributed by atoms with Crippen molar-refractivity contribution in [3.8, 4) is 0 Å². The van der Waals surface area contributed by atoms with Crippen molar-refractivity contribution in [3.05, 3.63) is 71.8 Å². The predicted molar refractivity (Wildman–Crippen MR) is 98.6 cm³/mol. The van der Waals surface area contributed by atoms with Crippen LogP contribution >= 0.6 is 0 Å². The highest BCUT2D eigenvalue weighted by atomic mass is 16.4. The van der Waals surface area contributed by atoms with Gasteiger partial charge in [-0.25, -0.2) is 4.79 Å². The lowest BCUT2D eigenvalue weighted by atomic mass is 9.92. The Balaban J connectivity index is 2.03. The molecule has 0 heterocycles. The Bertz CT molecular complexity index is 721. The molecule has 0 spiro atoms. The fourth-order valence-electron chi connectivity index (χ4n) is 2.78. The fourth-order valence-corrected chi connectivity index (χ4v) is 2.78. The molecule has 138 valence electrons. The summed E-state index contributed by atoms with van der Waals surface area (Å²) < 4.78 is 0. The molecule has 1 amide bonds. The number of carboxylic acids is 1. The molecule has 0 saturated carbocycles. The van der Waals surface area contributed by atoms with Gasteiger partial charge in [0.2, 0.25) is 0 Å². The molecule has 2 aromatic carbocycles. The minimum Gasteiger partial charge on any atom is -0.480 e. The lowest BCUT2D eigenvalue weighted by molar-refractivity contribution is -0.144. The summed E-state index contributed by atoms with van der Waals surface area (Å²) in [4.78, 5) is 23.9. The summed E-state index contributed by atoms with van der Waals surface area (Å²) in [6, 6.07) is 16.3. The first kappa shape index (κ1) is 19.6. The lowest BCUT2D eigenvalue weighted by Crippen LogP contribution is -2.53. The van der Waals surface area contributed by atoms with Crippen LogP contribution in [0.15, 0.2) is 60.7 Å². The number of carboxylic acid groups (broad SMARTS) is 1. The molecule has 5 N–H and O–H groups in total. The monoisotopic (exact) mass is 356 g/mol. The van der Waals surface area contributed by atoms with Crippen molar-refractivity contribution < 1.29 is 19.8 Å². The summed E-state index contributed by atoms with van der Waals surface area (Å²) in [7, 11) is 0. The molecule has 2 rings (SSSR count). The summed E-state index contributed by atoms with van der Waals surface area (Å²) in [5.74, 6) is -2.42. The third kappa shape index (κ3) is 5.15. The molecule has 0 saturated heterocycles. The van der Waals surface area contributed by atoms with Gasteiger partial charge in [0.15, 0.2) is 0 Å². The van der Waals surface area contributed by atoms with Crippen LogP contribution in [0.1, 0.15) is 24.0 Å². The molecular formula is C20H24N2O4. The Kier molecular flexibility index (Phi) is 6.89. The maximum Gasteiger partial charge on any atom is 0.326 e. The quantitative estimate of drug-likeness (QED) is 0.569. The number of hydrogen-bond donors (Lipinski definition) is 4. The van der Waals surface area contributed by atoms with E-state index in [2.05, 4.69) is 5.32 Å². The molecule has 6 nitrogen and oxygen atoms in total. The third-order valence-corrected chi connectivity index (χ3v) is 4.38.